The van der Waals surface area contributed by atoms with Gasteiger partial charge in [-0.3, -0.25) is 4.79 Å². The van der Waals surface area contributed by atoms with E-state index in [2.05, 4.69) is 10.4 Å². The third kappa shape index (κ3) is 4.46. The summed E-state index contributed by atoms with van der Waals surface area (Å²) in [5.41, 5.74) is 1.42. The highest BCUT2D eigenvalue weighted by Gasteiger charge is 2.35. The number of carbonyl (C=O) groups excluding carboxylic acids is 1. The van der Waals surface area contributed by atoms with Crippen LogP contribution in [0.1, 0.15) is 35.9 Å². The number of nitrogens with zero attached hydrogens (tertiary/aromatic N) is 3. The number of amides is 1. The number of hydrogen-bond acceptors (Lipinski definition) is 7. The normalized spacial score (nSPS) is 19.1. The van der Waals surface area contributed by atoms with Crippen LogP contribution >= 0.6 is 11.3 Å². The number of hydrazone groups is 1. The molecule has 2 aliphatic heterocycles. The van der Waals surface area contributed by atoms with E-state index in [1.54, 1.807) is 47.9 Å². The molecule has 2 aliphatic rings. The van der Waals surface area contributed by atoms with Crippen LogP contribution in [0.25, 0.3) is 0 Å². The lowest BCUT2D eigenvalue weighted by Gasteiger charge is -2.20. The zero-order valence-corrected chi connectivity index (χ0v) is 19.5. The number of hydrogen-bond donors (Lipinski definition) is 1. The Kier molecular flexibility index (Phi) is 6.05. The molecule has 172 valence electrons. The van der Waals surface area contributed by atoms with Crippen molar-refractivity contribution in [2.75, 3.05) is 25.0 Å². The first-order chi connectivity index (χ1) is 16.0. The van der Waals surface area contributed by atoms with Crippen molar-refractivity contribution in [2.24, 2.45) is 5.10 Å². The molecular weight excluding hydrogens is 460 g/mol. The molecule has 1 saturated heterocycles. The quantitative estimate of drug-likeness (QED) is 0.549. The Balaban J connectivity index is 1.31. The van der Waals surface area contributed by atoms with Crippen LogP contribution in [-0.4, -0.2) is 49.0 Å². The van der Waals surface area contributed by atoms with E-state index >= 15 is 0 Å². The molecule has 1 amide bonds. The van der Waals surface area contributed by atoms with Crippen LogP contribution in [0, 0.1) is 0 Å². The Morgan fingerprint density at radius 2 is 2.00 bits per heavy atom. The number of rotatable bonds is 7. The van der Waals surface area contributed by atoms with Gasteiger partial charge in [-0.15, -0.1) is 11.3 Å². The summed E-state index contributed by atoms with van der Waals surface area (Å²) in [6, 6.07) is 13.9. The lowest BCUT2D eigenvalue weighted by atomic mass is 10.1. The fourth-order valence-electron chi connectivity index (χ4n) is 4.14. The SMILES string of the molecule is O=C(CNc1cccc(S(=O)(=O)N2CCCC2)c1)N1N=C(c2cccs2)C[C@@H]1c1ccco1. The van der Waals surface area contributed by atoms with E-state index in [-0.39, 0.29) is 23.4 Å². The Morgan fingerprint density at radius 1 is 1.15 bits per heavy atom. The van der Waals surface area contributed by atoms with Crippen molar-refractivity contribution < 1.29 is 17.6 Å². The summed E-state index contributed by atoms with van der Waals surface area (Å²) >= 11 is 1.58. The van der Waals surface area contributed by atoms with E-state index in [1.807, 2.05) is 23.6 Å². The minimum atomic E-state index is -3.52. The van der Waals surface area contributed by atoms with Gasteiger partial charge >= 0.3 is 0 Å². The predicted molar refractivity (Wildman–Crippen MR) is 127 cm³/mol. The molecule has 5 rings (SSSR count). The van der Waals surface area contributed by atoms with Gasteiger partial charge in [-0.1, -0.05) is 12.1 Å². The molecule has 4 heterocycles. The Labute approximate surface area is 196 Å². The number of benzene rings is 1. The average molecular weight is 485 g/mol. The van der Waals surface area contributed by atoms with Crippen molar-refractivity contribution in [3.63, 3.8) is 0 Å². The second kappa shape index (κ2) is 9.12. The number of nitrogens with one attached hydrogen (secondary N) is 1. The zero-order valence-electron chi connectivity index (χ0n) is 17.9. The van der Waals surface area contributed by atoms with Gasteiger partial charge in [0, 0.05) is 25.2 Å². The van der Waals surface area contributed by atoms with Crippen molar-refractivity contribution in [3.05, 3.63) is 70.8 Å². The van der Waals surface area contributed by atoms with E-state index in [9.17, 15) is 13.2 Å². The fraction of sp³-hybridized carbons (Fsp3) is 0.304. The summed E-state index contributed by atoms with van der Waals surface area (Å²) in [7, 11) is -3.52. The van der Waals surface area contributed by atoms with Crippen LogP contribution in [-0.2, 0) is 14.8 Å². The Hall–Kier alpha value is -2.95. The molecular formula is C23H24N4O4S2. The zero-order chi connectivity index (χ0) is 22.8. The molecule has 0 radical (unpaired) electrons. The monoisotopic (exact) mass is 484 g/mol. The van der Waals surface area contributed by atoms with Crippen molar-refractivity contribution >= 4 is 38.7 Å². The van der Waals surface area contributed by atoms with E-state index in [0.717, 1.165) is 23.4 Å². The van der Waals surface area contributed by atoms with E-state index in [1.165, 1.54) is 9.31 Å². The second-order valence-corrected chi connectivity index (χ2v) is 10.9. The Morgan fingerprint density at radius 3 is 2.73 bits per heavy atom. The van der Waals surface area contributed by atoms with Gasteiger partial charge in [-0.05, 0) is 54.6 Å². The summed E-state index contributed by atoms with van der Waals surface area (Å²) in [6.45, 7) is 1.07. The molecule has 0 spiro atoms. The molecule has 1 aromatic carbocycles. The van der Waals surface area contributed by atoms with Gasteiger partial charge in [0.2, 0.25) is 10.0 Å². The number of carbonyl (C=O) groups is 1. The molecule has 0 saturated carbocycles. The largest absolute Gasteiger partial charge is 0.467 e. The predicted octanol–water partition coefficient (Wildman–Crippen LogP) is 3.92. The van der Waals surface area contributed by atoms with E-state index < -0.39 is 10.0 Å². The van der Waals surface area contributed by atoms with Crippen molar-refractivity contribution in [1.82, 2.24) is 9.31 Å². The third-order valence-electron chi connectivity index (χ3n) is 5.82. The third-order valence-corrected chi connectivity index (χ3v) is 8.64. The highest BCUT2D eigenvalue weighted by Crippen LogP contribution is 2.34. The first-order valence-electron chi connectivity index (χ1n) is 10.8. The van der Waals surface area contributed by atoms with E-state index in [4.69, 9.17) is 4.42 Å². The highest BCUT2D eigenvalue weighted by molar-refractivity contribution is 7.89. The van der Waals surface area contributed by atoms with Crippen LogP contribution in [0.2, 0.25) is 0 Å². The molecule has 3 aromatic rings. The molecule has 8 nitrogen and oxygen atoms in total. The van der Waals surface area contributed by atoms with Crippen LogP contribution in [0.4, 0.5) is 5.69 Å². The molecule has 0 aliphatic carbocycles. The lowest BCUT2D eigenvalue weighted by molar-refractivity contribution is -0.131. The highest BCUT2D eigenvalue weighted by atomic mass is 32.2. The molecule has 2 aromatic heterocycles. The summed E-state index contributed by atoms with van der Waals surface area (Å²) < 4.78 is 32.8. The minimum Gasteiger partial charge on any atom is -0.467 e. The first-order valence-corrected chi connectivity index (χ1v) is 13.2. The molecule has 1 fully saturated rings. The van der Waals surface area contributed by atoms with Gasteiger partial charge in [0.25, 0.3) is 5.91 Å². The van der Waals surface area contributed by atoms with Crippen molar-refractivity contribution in [2.45, 2.75) is 30.2 Å². The smallest absolute Gasteiger partial charge is 0.262 e. The van der Waals surface area contributed by atoms with Crippen molar-refractivity contribution in [3.8, 4) is 0 Å². The fourth-order valence-corrected chi connectivity index (χ4v) is 6.42. The molecule has 1 N–H and O–H groups in total. The van der Waals surface area contributed by atoms with Crippen molar-refractivity contribution in [1.29, 1.82) is 0 Å². The maximum absolute atomic E-state index is 13.1. The molecule has 33 heavy (non-hydrogen) atoms. The van der Waals surface area contributed by atoms with Crippen LogP contribution in [0.15, 0.2) is 74.6 Å². The summed E-state index contributed by atoms with van der Waals surface area (Å²) in [5, 5.41) is 11.1. The van der Waals surface area contributed by atoms with Gasteiger partial charge in [0.1, 0.15) is 11.8 Å². The van der Waals surface area contributed by atoms with E-state index in [0.29, 0.717) is 31.0 Å². The Bertz CT molecular complexity index is 1250. The first kappa shape index (κ1) is 21.9. The van der Waals surface area contributed by atoms with Gasteiger partial charge < -0.3 is 9.73 Å². The summed E-state index contributed by atoms with van der Waals surface area (Å²) in [4.78, 5) is 14.4. The number of sulfonamides is 1. The maximum Gasteiger partial charge on any atom is 0.262 e. The number of thiophene rings is 1. The van der Waals surface area contributed by atoms with Gasteiger partial charge in [-0.25, -0.2) is 13.4 Å². The van der Waals surface area contributed by atoms with Crippen LogP contribution < -0.4 is 5.32 Å². The standard InChI is InChI=1S/C23H24N4O4S2/c28-23(16-24-17-6-3-7-18(14-17)33(29,30)26-10-1-2-11-26)27-20(21-8-4-12-31-21)15-19(25-27)22-9-5-13-32-22/h3-9,12-14,20,24H,1-2,10-11,15-16H2/t20-/m1/s1. The molecule has 0 unspecified atom stereocenters. The second-order valence-electron chi connectivity index (χ2n) is 7.99. The minimum absolute atomic E-state index is 0.0222. The topological polar surface area (TPSA) is 95.2 Å². The van der Waals surface area contributed by atoms with Gasteiger partial charge in [-0.2, -0.15) is 9.41 Å². The van der Waals surface area contributed by atoms with Crippen LogP contribution in [0.5, 0.6) is 0 Å². The van der Waals surface area contributed by atoms with Gasteiger partial charge in [0.15, 0.2) is 0 Å². The summed E-state index contributed by atoms with van der Waals surface area (Å²) in [6.07, 6.45) is 3.92. The maximum atomic E-state index is 13.1. The summed E-state index contributed by atoms with van der Waals surface area (Å²) in [5.74, 6) is 0.452. The average Bonchev–Trinajstić information content (AvgIpc) is 3.64. The lowest BCUT2D eigenvalue weighted by Crippen LogP contribution is -2.32. The molecule has 1 atom stereocenters. The molecule has 10 heteroatoms. The number of anilines is 1. The van der Waals surface area contributed by atoms with Gasteiger partial charge in [0.05, 0.1) is 28.3 Å². The number of furan rings is 1. The van der Waals surface area contributed by atoms with Crippen LogP contribution in [0.3, 0.4) is 0 Å². The molecule has 0 bridgehead atoms.